The molecule has 1 unspecified atom stereocenters. The molecular formula is C18H21N3O5S2. The van der Waals surface area contributed by atoms with Crippen molar-refractivity contribution in [3.63, 3.8) is 0 Å². The summed E-state index contributed by atoms with van der Waals surface area (Å²) >= 11 is 1.60. The van der Waals surface area contributed by atoms with Gasteiger partial charge in [-0.3, -0.25) is 14.5 Å². The van der Waals surface area contributed by atoms with Gasteiger partial charge in [-0.2, -0.15) is 16.1 Å². The molecule has 3 saturated heterocycles. The maximum Gasteiger partial charge on any atom is 0.325 e. The summed E-state index contributed by atoms with van der Waals surface area (Å²) in [6.07, 6.45) is 2.26. The van der Waals surface area contributed by atoms with E-state index in [9.17, 15) is 22.8 Å². The molecule has 3 aliphatic rings. The Hall–Kier alpha value is -1.91. The molecule has 1 aromatic rings. The minimum atomic E-state index is -3.55. The first-order valence-electron chi connectivity index (χ1n) is 9.19. The molecule has 0 radical (unpaired) electrons. The van der Waals surface area contributed by atoms with Gasteiger partial charge < -0.3 is 5.32 Å². The highest BCUT2D eigenvalue weighted by Gasteiger charge is 2.53. The van der Waals surface area contributed by atoms with E-state index in [1.54, 1.807) is 11.8 Å². The number of rotatable bonds is 5. The van der Waals surface area contributed by atoms with Gasteiger partial charge in [0, 0.05) is 24.4 Å². The third-order valence-electron chi connectivity index (χ3n) is 5.45. The van der Waals surface area contributed by atoms with E-state index in [0.717, 1.165) is 23.5 Å². The third-order valence-corrected chi connectivity index (χ3v) is 8.55. The number of Topliss-reactive ketones (excluding diaryl/α,β-unsaturated/α-hetero) is 1. The van der Waals surface area contributed by atoms with E-state index in [0.29, 0.717) is 25.3 Å². The van der Waals surface area contributed by atoms with Gasteiger partial charge >= 0.3 is 6.03 Å². The van der Waals surface area contributed by atoms with Crippen LogP contribution in [0, 0.1) is 0 Å². The monoisotopic (exact) mass is 423 g/mol. The number of thioether (sulfide) groups is 1. The number of sulfonamides is 1. The van der Waals surface area contributed by atoms with E-state index < -0.39 is 27.4 Å². The molecular weight excluding hydrogens is 402 g/mol. The van der Waals surface area contributed by atoms with Crippen molar-refractivity contribution in [3.8, 4) is 0 Å². The van der Waals surface area contributed by atoms with Gasteiger partial charge in [-0.1, -0.05) is 0 Å². The second kappa shape index (κ2) is 7.16. The minimum Gasteiger partial charge on any atom is -0.322 e. The van der Waals surface area contributed by atoms with Crippen LogP contribution in [0.3, 0.4) is 0 Å². The van der Waals surface area contributed by atoms with Crippen LogP contribution in [0.15, 0.2) is 29.2 Å². The molecule has 150 valence electrons. The van der Waals surface area contributed by atoms with E-state index in [1.165, 1.54) is 28.6 Å². The number of benzene rings is 1. The van der Waals surface area contributed by atoms with Gasteiger partial charge in [0.05, 0.1) is 11.4 Å². The van der Waals surface area contributed by atoms with Gasteiger partial charge in [0.25, 0.3) is 5.91 Å². The number of amides is 3. The molecule has 3 fully saturated rings. The van der Waals surface area contributed by atoms with Crippen molar-refractivity contribution in [1.82, 2.24) is 14.5 Å². The summed E-state index contributed by atoms with van der Waals surface area (Å²) in [5, 5.41) is 2.73. The summed E-state index contributed by atoms with van der Waals surface area (Å²) in [5.74, 6) is 0.548. The number of carbonyl (C=O) groups is 3. The molecule has 1 atom stereocenters. The molecule has 4 rings (SSSR count). The lowest BCUT2D eigenvalue weighted by molar-refractivity contribution is -0.130. The fourth-order valence-corrected chi connectivity index (χ4v) is 6.62. The van der Waals surface area contributed by atoms with Crippen LogP contribution in [0.2, 0.25) is 0 Å². The van der Waals surface area contributed by atoms with Gasteiger partial charge in [0.1, 0.15) is 5.54 Å². The van der Waals surface area contributed by atoms with E-state index in [4.69, 9.17) is 0 Å². The number of hydrogen-bond acceptors (Lipinski definition) is 6. The molecule has 0 bridgehead atoms. The molecule has 1 spiro atoms. The number of nitrogens with one attached hydrogen (secondary N) is 1. The molecule has 1 N–H and O–H groups in total. The fraction of sp³-hybridized carbons (Fsp3) is 0.500. The Morgan fingerprint density at radius 3 is 2.43 bits per heavy atom. The van der Waals surface area contributed by atoms with Crippen LogP contribution in [-0.2, 0) is 14.8 Å². The number of hydrogen-bond donors (Lipinski definition) is 1. The lowest BCUT2D eigenvalue weighted by Gasteiger charge is -2.19. The highest BCUT2D eigenvalue weighted by molar-refractivity contribution is 7.99. The molecule has 3 aliphatic heterocycles. The van der Waals surface area contributed by atoms with E-state index >= 15 is 0 Å². The second-order valence-corrected chi connectivity index (χ2v) is 10.3. The lowest BCUT2D eigenvalue weighted by atomic mass is 9.99. The van der Waals surface area contributed by atoms with Crippen LogP contribution in [-0.4, -0.2) is 72.0 Å². The summed E-state index contributed by atoms with van der Waals surface area (Å²) < 4.78 is 26.6. The molecule has 3 amide bonds. The van der Waals surface area contributed by atoms with Crippen molar-refractivity contribution in [2.75, 3.05) is 31.1 Å². The number of ketones is 1. The van der Waals surface area contributed by atoms with Crippen LogP contribution in [0.5, 0.6) is 0 Å². The zero-order valence-electron chi connectivity index (χ0n) is 15.2. The van der Waals surface area contributed by atoms with Gasteiger partial charge in [0.2, 0.25) is 10.0 Å². The van der Waals surface area contributed by atoms with Crippen LogP contribution in [0.4, 0.5) is 4.79 Å². The van der Waals surface area contributed by atoms with Crippen LogP contribution in [0.25, 0.3) is 0 Å². The Kier molecular flexibility index (Phi) is 4.96. The molecule has 0 aliphatic carbocycles. The van der Waals surface area contributed by atoms with Crippen molar-refractivity contribution < 1.29 is 22.8 Å². The Balaban J connectivity index is 1.47. The summed E-state index contributed by atoms with van der Waals surface area (Å²) in [4.78, 5) is 38.5. The maximum absolute atomic E-state index is 12.6. The summed E-state index contributed by atoms with van der Waals surface area (Å²) in [6.45, 7) is 0.666. The molecule has 1 aromatic carbocycles. The van der Waals surface area contributed by atoms with Gasteiger partial charge in [-0.25, -0.2) is 13.2 Å². The van der Waals surface area contributed by atoms with Crippen LogP contribution < -0.4 is 5.32 Å². The summed E-state index contributed by atoms with van der Waals surface area (Å²) in [5.41, 5.74) is -0.613. The number of imide groups is 1. The zero-order valence-corrected chi connectivity index (χ0v) is 16.9. The first-order valence-corrected chi connectivity index (χ1v) is 11.8. The third kappa shape index (κ3) is 3.23. The van der Waals surface area contributed by atoms with Crippen molar-refractivity contribution in [2.24, 2.45) is 0 Å². The first kappa shape index (κ1) is 19.4. The lowest BCUT2D eigenvalue weighted by Crippen LogP contribution is -2.47. The Labute approximate surface area is 167 Å². The standard InChI is InChI=1S/C18H21N3O5S2/c22-15(11-21-16(23)18(19-17(21)24)7-10-27-12-18)13-3-5-14(6-4-13)28(25,26)20-8-1-2-9-20/h3-6H,1-2,7-12H2,(H,19,24). The number of urea groups is 1. The van der Waals surface area contributed by atoms with Gasteiger partial charge in [-0.15, -0.1) is 0 Å². The minimum absolute atomic E-state index is 0.142. The zero-order chi connectivity index (χ0) is 19.9. The Morgan fingerprint density at radius 1 is 1.14 bits per heavy atom. The predicted octanol–water partition coefficient (Wildman–Crippen LogP) is 1.08. The maximum atomic E-state index is 12.6. The fourth-order valence-electron chi connectivity index (χ4n) is 3.78. The predicted molar refractivity (Wildman–Crippen MR) is 104 cm³/mol. The number of carbonyl (C=O) groups excluding carboxylic acids is 3. The molecule has 3 heterocycles. The smallest absolute Gasteiger partial charge is 0.322 e. The SMILES string of the molecule is O=C(CN1C(=O)NC2(CCSC2)C1=O)c1ccc(S(=O)(=O)N2CCCC2)cc1. The highest BCUT2D eigenvalue weighted by Crippen LogP contribution is 2.33. The molecule has 10 heteroatoms. The average Bonchev–Trinajstić information content (AvgIpc) is 3.41. The van der Waals surface area contributed by atoms with Crippen LogP contribution >= 0.6 is 11.8 Å². The highest BCUT2D eigenvalue weighted by atomic mass is 32.2. The van der Waals surface area contributed by atoms with E-state index in [2.05, 4.69) is 5.32 Å². The van der Waals surface area contributed by atoms with Crippen LogP contribution in [0.1, 0.15) is 29.6 Å². The van der Waals surface area contributed by atoms with Crippen molar-refractivity contribution in [2.45, 2.75) is 29.7 Å². The molecule has 28 heavy (non-hydrogen) atoms. The van der Waals surface area contributed by atoms with E-state index in [-0.39, 0.29) is 22.9 Å². The molecule has 8 nitrogen and oxygen atoms in total. The average molecular weight is 424 g/mol. The largest absolute Gasteiger partial charge is 0.325 e. The van der Waals surface area contributed by atoms with Gasteiger partial charge in [0.15, 0.2) is 5.78 Å². The number of nitrogens with zero attached hydrogens (tertiary/aromatic N) is 2. The van der Waals surface area contributed by atoms with Gasteiger partial charge in [-0.05, 0) is 49.3 Å². The second-order valence-electron chi connectivity index (χ2n) is 7.26. The van der Waals surface area contributed by atoms with E-state index in [1.807, 2.05) is 0 Å². The Morgan fingerprint density at radius 2 is 1.82 bits per heavy atom. The summed E-state index contributed by atoms with van der Waals surface area (Å²) in [6, 6.07) is 5.13. The quantitative estimate of drug-likeness (QED) is 0.561. The first-order chi connectivity index (χ1) is 13.3. The molecule has 0 aromatic heterocycles. The normalized spacial score (nSPS) is 25.6. The Bertz CT molecular complexity index is 917. The van der Waals surface area contributed by atoms with Crippen molar-refractivity contribution in [3.05, 3.63) is 29.8 Å². The topological polar surface area (TPSA) is 104 Å². The van der Waals surface area contributed by atoms with Crippen molar-refractivity contribution >= 4 is 39.5 Å². The summed E-state index contributed by atoms with van der Waals surface area (Å²) in [7, 11) is -3.55. The van der Waals surface area contributed by atoms with Crippen molar-refractivity contribution in [1.29, 1.82) is 0 Å². The molecule has 0 saturated carbocycles.